The number of fused-ring (bicyclic) bond motifs is 1. The van der Waals surface area contributed by atoms with Gasteiger partial charge in [0.15, 0.2) is 12.4 Å². The van der Waals surface area contributed by atoms with Crippen molar-refractivity contribution in [3.8, 4) is 10.6 Å². The van der Waals surface area contributed by atoms with E-state index in [0.717, 1.165) is 23.5 Å². The van der Waals surface area contributed by atoms with E-state index >= 15 is 0 Å². The number of nitrogens with zero attached hydrogens (tertiary/aromatic N) is 2. The highest BCUT2D eigenvalue weighted by Crippen LogP contribution is 2.29. The molecule has 2 aromatic heterocycles. The number of hydrogen-bond acceptors (Lipinski definition) is 2. The molecule has 0 radical (unpaired) electrons. The molecule has 2 nitrogen and oxygen atoms in total. The van der Waals surface area contributed by atoms with Gasteiger partial charge in [-0.1, -0.05) is 19.1 Å². The lowest BCUT2D eigenvalue weighted by molar-refractivity contribution is -0.696. The Morgan fingerprint density at radius 2 is 1.84 bits per heavy atom. The zero-order valence-corrected chi connectivity index (χ0v) is 13.7. The van der Waals surface area contributed by atoms with Gasteiger partial charge in [0.05, 0.1) is 10.2 Å². The smallest absolute Gasteiger partial charge is 0.169 e. The molecule has 1 aromatic carbocycles. The molecule has 0 amide bonds. The van der Waals surface area contributed by atoms with E-state index in [0.29, 0.717) is 0 Å². The second-order valence-electron chi connectivity index (χ2n) is 4.31. The third-order valence-corrected chi connectivity index (χ3v) is 4.00. The lowest BCUT2D eigenvalue weighted by Gasteiger charge is -1.95. The van der Waals surface area contributed by atoms with Crippen molar-refractivity contribution >= 4 is 21.6 Å². The fourth-order valence-electron chi connectivity index (χ4n) is 2.00. The van der Waals surface area contributed by atoms with Crippen LogP contribution in [0.25, 0.3) is 20.8 Å². The number of para-hydroxylation sites is 1. The Kier molecular flexibility index (Phi) is 4.87. The first-order valence-electron chi connectivity index (χ1n) is 6.22. The quantitative estimate of drug-likeness (QED) is 0.481. The standard InChI is InChI=1S/C15H15N2S.HI/c1-2-9-17-10-7-12(8-11-17)15-16-13-5-3-4-6-14(13)18-15;/h3-8,10-11H,2,9H2,1H3;1H/q+1;/p-1. The fourth-order valence-corrected chi connectivity index (χ4v) is 2.97. The highest BCUT2D eigenvalue weighted by atomic mass is 127. The van der Waals surface area contributed by atoms with Crippen molar-refractivity contribution in [2.24, 2.45) is 0 Å². The number of benzene rings is 1. The maximum absolute atomic E-state index is 4.67. The normalized spacial score (nSPS) is 10.4. The third-order valence-electron chi connectivity index (χ3n) is 2.91. The highest BCUT2D eigenvalue weighted by molar-refractivity contribution is 7.21. The van der Waals surface area contributed by atoms with Crippen LogP contribution in [-0.4, -0.2) is 4.98 Å². The number of aromatic nitrogens is 2. The molecule has 0 saturated carbocycles. The van der Waals surface area contributed by atoms with Gasteiger partial charge in [0, 0.05) is 24.1 Å². The van der Waals surface area contributed by atoms with Gasteiger partial charge < -0.3 is 24.0 Å². The van der Waals surface area contributed by atoms with Gasteiger partial charge in [-0.25, -0.2) is 9.55 Å². The summed E-state index contributed by atoms with van der Waals surface area (Å²) in [5.74, 6) is 0. The van der Waals surface area contributed by atoms with Gasteiger partial charge in [-0.15, -0.1) is 11.3 Å². The van der Waals surface area contributed by atoms with Crippen molar-refractivity contribution in [2.75, 3.05) is 0 Å². The predicted molar refractivity (Wildman–Crippen MR) is 75.5 cm³/mol. The van der Waals surface area contributed by atoms with Crippen LogP contribution in [0.4, 0.5) is 0 Å². The third kappa shape index (κ3) is 3.12. The molecule has 0 N–H and O–H groups in total. The molecule has 0 spiro atoms. The molecule has 0 aliphatic rings. The first-order chi connectivity index (χ1) is 8.86. The highest BCUT2D eigenvalue weighted by Gasteiger charge is 2.07. The molecule has 98 valence electrons. The summed E-state index contributed by atoms with van der Waals surface area (Å²) in [4.78, 5) is 4.67. The molecule has 0 unspecified atom stereocenters. The van der Waals surface area contributed by atoms with Crippen molar-refractivity contribution < 1.29 is 28.5 Å². The van der Waals surface area contributed by atoms with Crippen LogP contribution in [-0.2, 0) is 6.54 Å². The first kappa shape index (κ1) is 14.4. The van der Waals surface area contributed by atoms with E-state index in [9.17, 15) is 0 Å². The Morgan fingerprint density at radius 1 is 1.11 bits per heavy atom. The van der Waals surface area contributed by atoms with E-state index in [-0.39, 0.29) is 24.0 Å². The summed E-state index contributed by atoms with van der Waals surface area (Å²) in [6.07, 6.45) is 5.42. The Balaban J connectivity index is 0.00000133. The number of hydrogen-bond donors (Lipinski definition) is 0. The number of pyridine rings is 1. The van der Waals surface area contributed by atoms with Crippen molar-refractivity contribution in [1.82, 2.24) is 4.98 Å². The average molecular weight is 382 g/mol. The second-order valence-corrected chi connectivity index (χ2v) is 5.34. The Labute approximate surface area is 134 Å². The lowest BCUT2D eigenvalue weighted by atomic mass is 10.3. The predicted octanol–water partition coefficient (Wildman–Crippen LogP) is 0.665. The summed E-state index contributed by atoms with van der Waals surface area (Å²) >= 11 is 1.75. The lowest BCUT2D eigenvalue weighted by Crippen LogP contribution is -3.00. The molecule has 3 rings (SSSR count). The van der Waals surface area contributed by atoms with Gasteiger partial charge in [0.2, 0.25) is 0 Å². The number of halogens is 1. The molecule has 0 aliphatic carbocycles. The maximum atomic E-state index is 4.67. The molecule has 3 aromatic rings. The summed E-state index contributed by atoms with van der Waals surface area (Å²) in [5, 5.41) is 1.10. The van der Waals surface area contributed by atoms with Crippen LogP contribution in [0.1, 0.15) is 13.3 Å². The maximum Gasteiger partial charge on any atom is 0.169 e. The topological polar surface area (TPSA) is 16.8 Å². The van der Waals surface area contributed by atoms with E-state index in [1.165, 1.54) is 10.3 Å². The van der Waals surface area contributed by atoms with Crippen LogP contribution in [0.15, 0.2) is 48.8 Å². The Morgan fingerprint density at radius 3 is 2.53 bits per heavy atom. The van der Waals surface area contributed by atoms with Crippen molar-refractivity contribution in [3.63, 3.8) is 0 Å². The SMILES string of the molecule is CCC[n+]1ccc(-c2nc3ccccc3s2)cc1.[I-]. The van der Waals surface area contributed by atoms with E-state index in [2.05, 4.69) is 59.2 Å². The molecule has 4 heteroatoms. The van der Waals surface area contributed by atoms with Gasteiger partial charge in [0.25, 0.3) is 0 Å². The number of thiazole rings is 1. The Hall–Kier alpha value is -1.01. The van der Waals surface area contributed by atoms with Crippen LogP contribution < -0.4 is 28.5 Å². The van der Waals surface area contributed by atoms with Gasteiger partial charge in [-0.3, -0.25) is 0 Å². The number of aryl methyl sites for hydroxylation is 1. The molecule has 2 heterocycles. The van der Waals surface area contributed by atoms with Gasteiger partial charge >= 0.3 is 0 Å². The molecular weight excluding hydrogens is 367 g/mol. The molecule has 0 aliphatic heterocycles. The minimum Gasteiger partial charge on any atom is -1.00 e. The second kappa shape index (κ2) is 6.43. The minimum atomic E-state index is 0. The van der Waals surface area contributed by atoms with Gasteiger partial charge in [-0.2, -0.15) is 0 Å². The van der Waals surface area contributed by atoms with Crippen LogP contribution >= 0.6 is 11.3 Å². The molecule has 19 heavy (non-hydrogen) atoms. The van der Waals surface area contributed by atoms with Crippen molar-refractivity contribution in [1.29, 1.82) is 0 Å². The zero-order valence-electron chi connectivity index (χ0n) is 10.7. The van der Waals surface area contributed by atoms with Crippen LogP contribution in [0.2, 0.25) is 0 Å². The molecule has 0 atom stereocenters. The van der Waals surface area contributed by atoms with E-state index in [4.69, 9.17) is 0 Å². The molecule has 0 saturated heterocycles. The number of rotatable bonds is 3. The molecule has 0 fully saturated rings. The molecular formula is C15H15IN2S. The fraction of sp³-hybridized carbons (Fsp3) is 0.200. The minimum absolute atomic E-state index is 0. The monoisotopic (exact) mass is 382 g/mol. The van der Waals surface area contributed by atoms with Gasteiger partial charge in [0.1, 0.15) is 11.6 Å². The first-order valence-corrected chi connectivity index (χ1v) is 7.03. The summed E-state index contributed by atoms with van der Waals surface area (Å²) < 4.78 is 3.45. The molecule has 0 bridgehead atoms. The zero-order chi connectivity index (χ0) is 12.4. The summed E-state index contributed by atoms with van der Waals surface area (Å²) in [5.41, 5.74) is 2.28. The van der Waals surface area contributed by atoms with Crippen LogP contribution in [0, 0.1) is 0 Å². The largest absolute Gasteiger partial charge is 1.00 e. The van der Waals surface area contributed by atoms with Gasteiger partial charge in [-0.05, 0) is 12.1 Å². The summed E-state index contributed by atoms with van der Waals surface area (Å²) in [6.45, 7) is 3.26. The van der Waals surface area contributed by atoms with Crippen LogP contribution in [0.5, 0.6) is 0 Å². The van der Waals surface area contributed by atoms with E-state index < -0.39 is 0 Å². The van der Waals surface area contributed by atoms with E-state index in [1.807, 2.05) is 6.07 Å². The van der Waals surface area contributed by atoms with Crippen LogP contribution in [0.3, 0.4) is 0 Å². The summed E-state index contributed by atoms with van der Waals surface area (Å²) in [6, 6.07) is 12.6. The van der Waals surface area contributed by atoms with E-state index in [1.54, 1.807) is 11.3 Å². The summed E-state index contributed by atoms with van der Waals surface area (Å²) in [7, 11) is 0. The van der Waals surface area contributed by atoms with Crippen molar-refractivity contribution in [3.05, 3.63) is 48.8 Å². The Bertz CT molecular complexity index is 628. The average Bonchev–Trinajstić information content (AvgIpc) is 2.84. The van der Waals surface area contributed by atoms with Crippen molar-refractivity contribution in [2.45, 2.75) is 19.9 Å².